The molecule has 0 aliphatic rings. The summed E-state index contributed by atoms with van der Waals surface area (Å²) in [5, 5.41) is 19.4. The number of aryl methyl sites for hydroxylation is 2. The highest BCUT2D eigenvalue weighted by Gasteiger charge is 2.18. The van der Waals surface area contributed by atoms with Crippen LogP contribution in [0.25, 0.3) is 22.2 Å². The first kappa shape index (κ1) is 24.6. The zero-order valence-electron chi connectivity index (χ0n) is 20.5. The molecule has 2 heterocycles. The number of nitro benzene ring substituents is 1. The van der Waals surface area contributed by atoms with E-state index in [1.807, 2.05) is 25.1 Å². The zero-order valence-corrected chi connectivity index (χ0v) is 20.5. The molecule has 9 nitrogen and oxygen atoms in total. The highest BCUT2D eigenvalue weighted by atomic mass is 19.1. The number of amides is 1. The molecule has 0 saturated carbocycles. The summed E-state index contributed by atoms with van der Waals surface area (Å²) >= 11 is 0. The van der Waals surface area contributed by atoms with E-state index in [0.29, 0.717) is 17.1 Å². The van der Waals surface area contributed by atoms with Gasteiger partial charge in [0.05, 0.1) is 22.4 Å². The van der Waals surface area contributed by atoms with E-state index in [9.17, 15) is 19.3 Å². The Kier molecular flexibility index (Phi) is 6.53. The van der Waals surface area contributed by atoms with Gasteiger partial charge in [-0.3, -0.25) is 14.9 Å². The van der Waals surface area contributed by atoms with Crippen LogP contribution in [0.3, 0.4) is 0 Å². The quantitative estimate of drug-likeness (QED) is 0.206. The van der Waals surface area contributed by atoms with Crippen molar-refractivity contribution in [3.63, 3.8) is 0 Å². The molecule has 5 aromatic rings. The minimum Gasteiger partial charge on any atom is -0.457 e. The third kappa shape index (κ3) is 5.19. The lowest BCUT2D eigenvalue weighted by molar-refractivity contribution is -0.384. The molecule has 0 saturated heterocycles. The number of ether oxygens (including phenoxy) is 1. The first-order chi connectivity index (χ1) is 18.3. The molecule has 0 aliphatic carbocycles. The molecule has 190 valence electrons. The van der Waals surface area contributed by atoms with Crippen molar-refractivity contribution >= 4 is 28.3 Å². The predicted molar refractivity (Wildman–Crippen MR) is 141 cm³/mol. The summed E-state index contributed by atoms with van der Waals surface area (Å²) in [6.45, 7) is 3.57. The van der Waals surface area contributed by atoms with Crippen molar-refractivity contribution in [3.8, 4) is 22.6 Å². The molecule has 38 heavy (non-hydrogen) atoms. The van der Waals surface area contributed by atoms with E-state index in [-0.39, 0.29) is 29.5 Å². The van der Waals surface area contributed by atoms with Gasteiger partial charge in [-0.2, -0.15) is 5.10 Å². The predicted octanol–water partition coefficient (Wildman–Crippen LogP) is 6.19. The topological polar surface area (TPSA) is 112 Å². The van der Waals surface area contributed by atoms with Crippen LogP contribution in [0, 0.1) is 29.8 Å². The normalized spacial score (nSPS) is 10.9. The Hall–Kier alpha value is -5.12. The monoisotopic (exact) mass is 511 g/mol. The Morgan fingerprint density at radius 1 is 1.03 bits per heavy atom. The van der Waals surface area contributed by atoms with E-state index in [1.165, 1.54) is 35.0 Å². The first-order valence-corrected chi connectivity index (χ1v) is 11.7. The summed E-state index contributed by atoms with van der Waals surface area (Å²) < 4.78 is 20.7. The number of nitrogens with zero attached hydrogens (tertiary/aromatic N) is 4. The summed E-state index contributed by atoms with van der Waals surface area (Å²) in [7, 11) is 0. The minimum absolute atomic E-state index is 0.180. The number of rotatable bonds is 7. The maximum absolute atomic E-state index is 13.4. The molecule has 0 atom stereocenters. The van der Waals surface area contributed by atoms with E-state index in [0.717, 1.165) is 22.1 Å². The molecule has 1 amide bonds. The number of halogens is 1. The lowest BCUT2D eigenvalue weighted by Crippen LogP contribution is -2.20. The molecule has 3 aromatic carbocycles. The van der Waals surface area contributed by atoms with E-state index >= 15 is 0 Å². The van der Waals surface area contributed by atoms with Crippen LogP contribution >= 0.6 is 0 Å². The zero-order chi connectivity index (χ0) is 26.8. The van der Waals surface area contributed by atoms with E-state index in [4.69, 9.17) is 4.74 Å². The number of fused-ring (bicyclic) bond motifs is 1. The maximum Gasteiger partial charge on any atom is 0.275 e. The Morgan fingerprint density at radius 2 is 1.76 bits per heavy atom. The average Bonchev–Trinajstić information content (AvgIpc) is 3.20. The largest absolute Gasteiger partial charge is 0.457 e. The molecule has 0 unspecified atom stereocenters. The van der Waals surface area contributed by atoms with Gasteiger partial charge >= 0.3 is 0 Å². The Balaban J connectivity index is 1.40. The number of nitrogens with one attached hydrogen (secondary N) is 1. The van der Waals surface area contributed by atoms with Gasteiger partial charge in [-0.25, -0.2) is 14.1 Å². The summed E-state index contributed by atoms with van der Waals surface area (Å²) in [6.07, 6.45) is 1.60. The van der Waals surface area contributed by atoms with Crippen LogP contribution in [0.1, 0.15) is 11.3 Å². The molecule has 0 bridgehead atoms. The minimum atomic E-state index is -0.553. The number of hydrogen-bond acceptors (Lipinski definition) is 6. The van der Waals surface area contributed by atoms with Crippen molar-refractivity contribution in [2.24, 2.45) is 0 Å². The summed E-state index contributed by atoms with van der Waals surface area (Å²) in [5.74, 6) is -0.0684. The fourth-order valence-electron chi connectivity index (χ4n) is 4.16. The lowest BCUT2D eigenvalue weighted by Gasteiger charge is -2.10. The number of hydrogen-bond donors (Lipinski definition) is 1. The molecule has 1 N–H and O–H groups in total. The van der Waals surface area contributed by atoms with Gasteiger partial charge in [-0.1, -0.05) is 29.8 Å². The van der Waals surface area contributed by atoms with Gasteiger partial charge in [0.2, 0.25) is 5.91 Å². The molecular formula is C28H22FN5O4. The first-order valence-electron chi connectivity index (χ1n) is 11.7. The van der Waals surface area contributed by atoms with Crippen molar-refractivity contribution in [3.05, 3.63) is 106 Å². The second-order valence-electron chi connectivity index (χ2n) is 8.74. The number of carbonyl (C=O) groups excluding carboxylic acids is 1. The molecular weight excluding hydrogens is 489 g/mol. The van der Waals surface area contributed by atoms with Crippen molar-refractivity contribution in [1.29, 1.82) is 0 Å². The SMILES string of the molecule is Cc1ccc(Oc2cc(NC(=O)Cn3nc(C)c4c(-c5ccc(F)cc5)ccnc43)cc([N+](=O)[O-])c2)cc1. The van der Waals surface area contributed by atoms with Crippen molar-refractivity contribution in [2.45, 2.75) is 20.4 Å². The van der Waals surface area contributed by atoms with Gasteiger partial charge in [0.15, 0.2) is 5.65 Å². The van der Waals surface area contributed by atoms with Crippen LogP contribution in [0.2, 0.25) is 0 Å². The number of nitro groups is 1. The second-order valence-corrected chi connectivity index (χ2v) is 8.74. The standard InChI is InChI=1S/C28H22FN5O4/c1-17-3-9-23(10-4-17)38-24-14-21(13-22(15-24)34(36)37)31-26(35)16-33-28-27(18(2)32-33)25(11-12-30-28)19-5-7-20(29)8-6-19/h3-15H,16H2,1-2H3,(H,31,35). The summed E-state index contributed by atoms with van der Waals surface area (Å²) in [6, 6.07) is 19.2. The van der Waals surface area contributed by atoms with Crippen LogP contribution in [-0.2, 0) is 11.3 Å². The van der Waals surface area contributed by atoms with Crippen molar-refractivity contribution < 1.29 is 18.8 Å². The van der Waals surface area contributed by atoms with Crippen LogP contribution in [0.15, 0.2) is 79.0 Å². The van der Waals surface area contributed by atoms with Gasteiger partial charge in [0.1, 0.15) is 23.9 Å². The molecule has 10 heteroatoms. The van der Waals surface area contributed by atoms with Gasteiger partial charge in [-0.05, 0) is 55.3 Å². The number of aromatic nitrogens is 3. The molecule has 0 fully saturated rings. The molecule has 0 aliphatic heterocycles. The van der Waals surface area contributed by atoms with E-state index in [1.54, 1.807) is 37.4 Å². The van der Waals surface area contributed by atoms with Crippen LogP contribution in [-0.4, -0.2) is 25.6 Å². The maximum atomic E-state index is 13.4. The Labute approximate surface area is 216 Å². The average molecular weight is 512 g/mol. The smallest absolute Gasteiger partial charge is 0.275 e. The third-order valence-electron chi connectivity index (χ3n) is 5.90. The second kappa shape index (κ2) is 10.1. The number of benzene rings is 3. The number of anilines is 1. The highest BCUT2D eigenvalue weighted by Crippen LogP contribution is 2.31. The van der Waals surface area contributed by atoms with Crippen LogP contribution in [0.5, 0.6) is 11.5 Å². The number of carbonyl (C=O) groups is 1. The van der Waals surface area contributed by atoms with Gasteiger partial charge < -0.3 is 10.1 Å². The fraction of sp³-hybridized carbons (Fsp3) is 0.107. The van der Waals surface area contributed by atoms with Crippen LogP contribution in [0.4, 0.5) is 15.8 Å². The van der Waals surface area contributed by atoms with Gasteiger partial charge in [0.25, 0.3) is 5.69 Å². The summed E-state index contributed by atoms with van der Waals surface area (Å²) in [5.41, 5.74) is 3.78. The molecule has 0 radical (unpaired) electrons. The third-order valence-corrected chi connectivity index (χ3v) is 5.90. The molecule has 2 aromatic heterocycles. The number of pyridine rings is 1. The van der Waals surface area contributed by atoms with Gasteiger partial charge in [0, 0.05) is 23.7 Å². The van der Waals surface area contributed by atoms with E-state index < -0.39 is 10.8 Å². The van der Waals surface area contributed by atoms with Crippen molar-refractivity contribution in [2.75, 3.05) is 5.32 Å². The summed E-state index contributed by atoms with van der Waals surface area (Å²) in [4.78, 5) is 28.3. The number of non-ortho nitro benzene ring substituents is 1. The molecule has 5 rings (SSSR count). The van der Waals surface area contributed by atoms with Crippen LogP contribution < -0.4 is 10.1 Å². The Bertz CT molecular complexity index is 1660. The fourth-order valence-corrected chi connectivity index (χ4v) is 4.16. The Morgan fingerprint density at radius 3 is 2.47 bits per heavy atom. The lowest BCUT2D eigenvalue weighted by atomic mass is 10.0. The van der Waals surface area contributed by atoms with Gasteiger partial charge in [-0.15, -0.1) is 0 Å². The van der Waals surface area contributed by atoms with Crippen molar-refractivity contribution in [1.82, 2.24) is 14.8 Å². The highest BCUT2D eigenvalue weighted by molar-refractivity contribution is 5.96. The molecule has 0 spiro atoms. The van der Waals surface area contributed by atoms with E-state index in [2.05, 4.69) is 15.4 Å².